The molecule has 2 aromatic rings. The van der Waals surface area contributed by atoms with Crippen molar-refractivity contribution in [2.45, 2.75) is 20.4 Å². The van der Waals surface area contributed by atoms with E-state index in [2.05, 4.69) is 10.3 Å². The first-order valence-electron chi connectivity index (χ1n) is 5.96. The number of hydrogen-bond donors (Lipinski definition) is 2. The highest BCUT2D eigenvalue weighted by molar-refractivity contribution is 7.09. The predicted molar refractivity (Wildman–Crippen MR) is 76.2 cm³/mol. The predicted octanol–water partition coefficient (Wildman–Crippen LogP) is 3.18. The van der Waals surface area contributed by atoms with E-state index in [1.165, 1.54) is 6.07 Å². The highest BCUT2D eigenvalue weighted by atomic mass is 32.1. The van der Waals surface area contributed by atoms with Crippen molar-refractivity contribution in [3.8, 4) is 5.75 Å². The zero-order chi connectivity index (χ0) is 13.8. The smallest absolute Gasteiger partial charge is 0.167 e. The van der Waals surface area contributed by atoms with Crippen molar-refractivity contribution in [1.82, 2.24) is 4.98 Å². The van der Waals surface area contributed by atoms with E-state index in [0.717, 1.165) is 10.6 Å². The van der Waals surface area contributed by atoms with Crippen molar-refractivity contribution in [3.63, 3.8) is 0 Å². The van der Waals surface area contributed by atoms with E-state index < -0.39 is 5.82 Å². The lowest BCUT2D eigenvalue weighted by Crippen LogP contribution is -2.04. The Morgan fingerprint density at radius 1 is 1.47 bits per heavy atom. The normalized spacial score (nSPS) is 10.5. The fourth-order valence-corrected chi connectivity index (χ4v) is 2.38. The van der Waals surface area contributed by atoms with Crippen molar-refractivity contribution in [3.05, 3.63) is 34.0 Å². The highest BCUT2D eigenvalue weighted by Crippen LogP contribution is 2.29. The van der Waals surface area contributed by atoms with E-state index in [-0.39, 0.29) is 5.75 Å². The molecule has 1 aromatic carbocycles. The summed E-state index contributed by atoms with van der Waals surface area (Å²) in [6, 6.07) is 2.86. The molecule has 4 nitrogen and oxygen atoms in total. The van der Waals surface area contributed by atoms with Gasteiger partial charge >= 0.3 is 0 Å². The van der Waals surface area contributed by atoms with E-state index in [0.29, 0.717) is 24.5 Å². The highest BCUT2D eigenvalue weighted by Gasteiger charge is 2.09. The Labute approximate surface area is 115 Å². The van der Waals surface area contributed by atoms with Crippen LogP contribution >= 0.6 is 11.3 Å². The molecule has 2 rings (SSSR count). The molecule has 0 saturated heterocycles. The van der Waals surface area contributed by atoms with E-state index in [1.807, 2.05) is 13.8 Å². The lowest BCUT2D eigenvalue weighted by Gasteiger charge is -2.12. The summed E-state index contributed by atoms with van der Waals surface area (Å²) >= 11 is 1.57. The number of ether oxygens (including phenoxy) is 1. The average Bonchev–Trinajstić information content (AvgIpc) is 2.77. The summed E-state index contributed by atoms with van der Waals surface area (Å²) < 4.78 is 18.8. The third-order valence-corrected chi connectivity index (χ3v) is 3.62. The van der Waals surface area contributed by atoms with Crippen molar-refractivity contribution in [1.29, 1.82) is 0 Å². The summed E-state index contributed by atoms with van der Waals surface area (Å²) in [7, 11) is 0. The second-order valence-corrected chi connectivity index (χ2v) is 4.96. The summed E-state index contributed by atoms with van der Waals surface area (Å²) in [6.07, 6.45) is 0. The van der Waals surface area contributed by atoms with E-state index in [9.17, 15) is 4.39 Å². The van der Waals surface area contributed by atoms with Crippen LogP contribution in [0, 0.1) is 12.7 Å². The van der Waals surface area contributed by atoms with Gasteiger partial charge in [-0.25, -0.2) is 9.37 Å². The van der Waals surface area contributed by atoms with Crippen LogP contribution in [0.15, 0.2) is 17.6 Å². The van der Waals surface area contributed by atoms with Crippen molar-refractivity contribution < 1.29 is 9.13 Å². The summed E-state index contributed by atoms with van der Waals surface area (Å²) in [5.41, 5.74) is 9.61. The van der Waals surface area contributed by atoms with Crippen LogP contribution < -0.4 is 15.8 Å². The summed E-state index contributed by atoms with van der Waals surface area (Å²) in [4.78, 5) is 5.30. The van der Waals surface area contributed by atoms with E-state index in [4.69, 9.17) is 10.5 Å². The fourth-order valence-electron chi connectivity index (χ4n) is 1.66. The molecule has 1 heterocycles. The van der Waals surface area contributed by atoms with Crippen molar-refractivity contribution >= 4 is 22.7 Å². The Kier molecular flexibility index (Phi) is 4.21. The van der Waals surface area contributed by atoms with Crippen LogP contribution in [-0.2, 0) is 6.54 Å². The quantitative estimate of drug-likeness (QED) is 0.826. The van der Waals surface area contributed by atoms with Crippen LogP contribution in [0.5, 0.6) is 5.75 Å². The van der Waals surface area contributed by atoms with E-state index in [1.54, 1.807) is 22.9 Å². The van der Waals surface area contributed by atoms with Gasteiger partial charge in [-0.2, -0.15) is 0 Å². The van der Waals surface area contributed by atoms with Crippen molar-refractivity contribution in [2.75, 3.05) is 17.7 Å². The molecule has 19 heavy (non-hydrogen) atoms. The first kappa shape index (κ1) is 13.6. The number of benzene rings is 1. The van der Waals surface area contributed by atoms with Gasteiger partial charge in [0.2, 0.25) is 0 Å². The SMILES string of the molecule is CCOc1cc(NCc2scnc2C)c(N)cc1F. The lowest BCUT2D eigenvalue weighted by molar-refractivity contribution is 0.322. The molecule has 3 N–H and O–H groups in total. The molecule has 102 valence electrons. The van der Waals surface area contributed by atoms with Crippen LogP contribution in [0.25, 0.3) is 0 Å². The van der Waals surface area contributed by atoms with Crippen LogP contribution in [0.4, 0.5) is 15.8 Å². The minimum Gasteiger partial charge on any atom is -0.491 e. The summed E-state index contributed by atoms with van der Waals surface area (Å²) in [6.45, 7) is 4.78. The number of aryl methyl sites for hydroxylation is 1. The molecule has 0 aliphatic rings. The third-order valence-electron chi connectivity index (χ3n) is 2.69. The van der Waals surface area contributed by atoms with Gasteiger partial charge in [-0.05, 0) is 13.8 Å². The fraction of sp³-hybridized carbons (Fsp3) is 0.308. The second-order valence-electron chi connectivity index (χ2n) is 4.02. The Morgan fingerprint density at radius 2 is 2.26 bits per heavy atom. The van der Waals surface area contributed by atoms with Gasteiger partial charge in [-0.3, -0.25) is 0 Å². The Balaban J connectivity index is 2.15. The molecule has 0 amide bonds. The van der Waals surface area contributed by atoms with Crippen LogP contribution in [0.3, 0.4) is 0 Å². The number of nitrogens with one attached hydrogen (secondary N) is 1. The number of hydrogen-bond acceptors (Lipinski definition) is 5. The maximum atomic E-state index is 13.6. The topological polar surface area (TPSA) is 60.2 Å². The van der Waals surface area contributed by atoms with Crippen LogP contribution in [0.2, 0.25) is 0 Å². The van der Waals surface area contributed by atoms with Gasteiger partial charge in [0.05, 0.1) is 35.7 Å². The summed E-state index contributed by atoms with van der Waals surface area (Å²) in [5.74, 6) is -0.237. The molecular weight excluding hydrogens is 265 g/mol. The van der Waals surface area contributed by atoms with Gasteiger partial charge < -0.3 is 15.8 Å². The monoisotopic (exact) mass is 281 g/mol. The molecule has 1 aromatic heterocycles. The largest absolute Gasteiger partial charge is 0.491 e. The Morgan fingerprint density at radius 3 is 2.89 bits per heavy atom. The molecule has 0 spiro atoms. The molecule has 0 saturated carbocycles. The second kappa shape index (κ2) is 5.88. The Hall–Kier alpha value is -1.82. The molecule has 0 bridgehead atoms. The zero-order valence-electron chi connectivity index (χ0n) is 10.9. The van der Waals surface area contributed by atoms with Gasteiger partial charge in [-0.15, -0.1) is 11.3 Å². The number of thiazole rings is 1. The number of anilines is 2. The van der Waals surface area contributed by atoms with Crippen LogP contribution in [0.1, 0.15) is 17.5 Å². The number of halogens is 1. The minimum absolute atomic E-state index is 0.209. The molecule has 6 heteroatoms. The first-order chi connectivity index (χ1) is 9.11. The van der Waals surface area contributed by atoms with E-state index >= 15 is 0 Å². The first-order valence-corrected chi connectivity index (χ1v) is 6.84. The van der Waals surface area contributed by atoms with Gasteiger partial charge in [0, 0.05) is 17.0 Å². The van der Waals surface area contributed by atoms with Crippen molar-refractivity contribution in [2.24, 2.45) is 0 Å². The minimum atomic E-state index is -0.445. The average molecular weight is 281 g/mol. The molecule has 0 fully saturated rings. The molecule has 0 aliphatic carbocycles. The molecular formula is C13H16FN3OS. The van der Waals surface area contributed by atoms with Gasteiger partial charge in [0.15, 0.2) is 11.6 Å². The number of nitrogen functional groups attached to an aromatic ring is 1. The number of aromatic nitrogens is 1. The third kappa shape index (κ3) is 3.14. The number of nitrogens with two attached hydrogens (primary N) is 1. The molecule has 0 radical (unpaired) electrons. The molecule has 0 atom stereocenters. The molecule has 0 unspecified atom stereocenters. The van der Waals surface area contributed by atoms with Gasteiger partial charge in [0.1, 0.15) is 0 Å². The summed E-state index contributed by atoms with van der Waals surface area (Å²) in [5, 5.41) is 3.18. The maximum absolute atomic E-state index is 13.6. The standard InChI is InChI=1S/C13H16FN3OS/c1-3-18-12-5-11(10(15)4-9(12)14)16-6-13-8(2)17-7-19-13/h4-5,7,16H,3,6,15H2,1-2H3. The Bertz CT molecular complexity index is 571. The molecule has 0 aliphatic heterocycles. The lowest BCUT2D eigenvalue weighted by atomic mass is 10.2. The van der Waals surface area contributed by atoms with Gasteiger partial charge in [-0.1, -0.05) is 0 Å². The number of rotatable bonds is 5. The van der Waals surface area contributed by atoms with Gasteiger partial charge in [0.25, 0.3) is 0 Å². The number of nitrogens with zero attached hydrogens (tertiary/aromatic N) is 1. The maximum Gasteiger partial charge on any atom is 0.167 e. The zero-order valence-corrected chi connectivity index (χ0v) is 11.7. The van der Waals surface area contributed by atoms with Crippen LogP contribution in [-0.4, -0.2) is 11.6 Å².